The molecule has 2 fully saturated rings. The normalized spacial score (nSPS) is 26.7. The predicted molar refractivity (Wildman–Crippen MR) is 79.9 cm³/mol. The van der Waals surface area contributed by atoms with E-state index >= 15 is 0 Å². The summed E-state index contributed by atoms with van der Waals surface area (Å²) in [6.45, 7) is 2.36. The van der Waals surface area contributed by atoms with Gasteiger partial charge in [-0.1, -0.05) is 12.8 Å². The number of aryl methyl sites for hydroxylation is 1. The van der Waals surface area contributed by atoms with E-state index in [-0.39, 0.29) is 0 Å². The molecule has 1 saturated heterocycles. The van der Waals surface area contributed by atoms with E-state index in [1.165, 1.54) is 81.6 Å². The van der Waals surface area contributed by atoms with Gasteiger partial charge in [-0.3, -0.25) is 0 Å². The fraction of sp³-hybridized carbons (Fsp3) is 0.812. The standard InChI is InChI=1S/C16H24N2S/c1-2-7-16(6-1)8-3-13-14(11-16)19-15(18-13)12-4-9-17-10-5-12/h12,17H,1-11H2. The second kappa shape index (κ2) is 4.85. The first-order valence-electron chi connectivity index (χ1n) is 8.04. The van der Waals surface area contributed by atoms with Gasteiger partial charge in [-0.2, -0.15) is 0 Å². The minimum absolute atomic E-state index is 0.685. The van der Waals surface area contributed by atoms with Crippen LogP contribution in [-0.4, -0.2) is 18.1 Å². The van der Waals surface area contributed by atoms with Crippen LogP contribution in [0.1, 0.15) is 66.4 Å². The number of hydrogen-bond donors (Lipinski definition) is 1. The Balaban J connectivity index is 1.56. The third kappa shape index (κ3) is 2.25. The van der Waals surface area contributed by atoms with Gasteiger partial charge in [-0.15, -0.1) is 11.3 Å². The summed E-state index contributed by atoms with van der Waals surface area (Å²) in [6.07, 6.45) is 12.5. The number of fused-ring (bicyclic) bond motifs is 1. The number of thiazole rings is 1. The first-order chi connectivity index (χ1) is 9.35. The van der Waals surface area contributed by atoms with Crippen molar-refractivity contribution in [3.05, 3.63) is 15.6 Å². The zero-order chi connectivity index (χ0) is 12.7. The molecule has 104 valence electrons. The van der Waals surface area contributed by atoms with Crippen molar-refractivity contribution in [2.45, 2.75) is 63.7 Å². The van der Waals surface area contributed by atoms with Crippen molar-refractivity contribution in [1.82, 2.24) is 10.3 Å². The van der Waals surface area contributed by atoms with Crippen molar-refractivity contribution in [3.63, 3.8) is 0 Å². The number of nitrogens with one attached hydrogen (secondary N) is 1. The molecule has 19 heavy (non-hydrogen) atoms. The molecule has 1 saturated carbocycles. The highest BCUT2D eigenvalue weighted by atomic mass is 32.1. The number of hydrogen-bond acceptors (Lipinski definition) is 3. The minimum Gasteiger partial charge on any atom is -0.317 e. The van der Waals surface area contributed by atoms with Crippen LogP contribution in [0.15, 0.2) is 0 Å². The van der Waals surface area contributed by atoms with Crippen LogP contribution >= 0.6 is 11.3 Å². The van der Waals surface area contributed by atoms with Gasteiger partial charge in [-0.25, -0.2) is 4.98 Å². The Labute approximate surface area is 120 Å². The minimum atomic E-state index is 0.685. The average molecular weight is 276 g/mol. The van der Waals surface area contributed by atoms with Crippen molar-refractivity contribution < 1.29 is 0 Å². The van der Waals surface area contributed by atoms with E-state index in [2.05, 4.69) is 16.7 Å². The molecule has 0 amide bonds. The molecule has 0 radical (unpaired) electrons. The molecule has 2 heterocycles. The Morgan fingerprint density at radius 1 is 1.11 bits per heavy atom. The summed E-state index contributed by atoms with van der Waals surface area (Å²) in [4.78, 5) is 6.67. The monoisotopic (exact) mass is 276 g/mol. The Hall–Kier alpha value is -0.410. The van der Waals surface area contributed by atoms with E-state index in [1.807, 2.05) is 0 Å². The van der Waals surface area contributed by atoms with Crippen LogP contribution < -0.4 is 5.32 Å². The number of piperidine rings is 1. The highest BCUT2D eigenvalue weighted by Crippen LogP contribution is 2.49. The molecule has 1 aliphatic heterocycles. The summed E-state index contributed by atoms with van der Waals surface area (Å²) in [5.74, 6) is 0.747. The zero-order valence-corrected chi connectivity index (χ0v) is 12.5. The number of nitrogens with zero attached hydrogens (tertiary/aromatic N) is 1. The molecule has 0 atom stereocenters. The van der Waals surface area contributed by atoms with E-state index in [9.17, 15) is 0 Å². The van der Waals surface area contributed by atoms with Crippen LogP contribution in [0, 0.1) is 5.41 Å². The SMILES string of the molecule is C1CCC2(C1)CCc1nc(C3CCNCC3)sc1C2. The van der Waals surface area contributed by atoms with Crippen LogP contribution in [0.4, 0.5) is 0 Å². The molecule has 0 aromatic carbocycles. The topological polar surface area (TPSA) is 24.9 Å². The predicted octanol–water partition coefficient (Wildman–Crippen LogP) is 3.66. The zero-order valence-electron chi connectivity index (χ0n) is 11.7. The Morgan fingerprint density at radius 2 is 1.89 bits per heavy atom. The molecule has 4 rings (SSSR count). The van der Waals surface area contributed by atoms with Gasteiger partial charge in [0.05, 0.1) is 10.7 Å². The molecule has 1 N–H and O–H groups in total. The fourth-order valence-electron chi connectivity index (χ4n) is 4.34. The number of aromatic nitrogens is 1. The summed E-state index contributed by atoms with van der Waals surface area (Å²) in [7, 11) is 0. The summed E-state index contributed by atoms with van der Waals surface area (Å²) in [6, 6.07) is 0. The first-order valence-corrected chi connectivity index (χ1v) is 8.86. The van der Waals surface area contributed by atoms with E-state index in [0.29, 0.717) is 5.41 Å². The molecular formula is C16H24N2S. The lowest BCUT2D eigenvalue weighted by molar-refractivity contribution is 0.256. The summed E-state index contributed by atoms with van der Waals surface area (Å²) in [5.41, 5.74) is 2.15. The van der Waals surface area contributed by atoms with Gasteiger partial charge < -0.3 is 5.32 Å². The Bertz CT molecular complexity index is 453. The van der Waals surface area contributed by atoms with E-state index < -0.39 is 0 Å². The molecule has 0 bridgehead atoms. The molecule has 1 aromatic heterocycles. The maximum Gasteiger partial charge on any atom is 0.0962 e. The maximum atomic E-state index is 5.02. The van der Waals surface area contributed by atoms with Gasteiger partial charge in [-0.05, 0) is 63.5 Å². The van der Waals surface area contributed by atoms with Crippen LogP contribution in [0.2, 0.25) is 0 Å². The molecule has 2 aliphatic carbocycles. The highest BCUT2D eigenvalue weighted by molar-refractivity contribution is 7.11. The highest BCUT2D eigenvalue weighted by Gasteiger charge is 2.38. The number of rotatable bonds is 1. The van der Waals surface area contributed by atoms with Gasteiger partial charge in [0.15, 0.2) is 0 Å². The quantitative estimate of drug-likeness (QED) is 0.846. The third-order valence-corrected chi connectivity index (χ3v) is 6.84. The maximum absolute atomic E-state index is 5.02. The lowest BCUT2D eigenvalue weighted by Crippen LogP contribution is -2.26. The largest absolute Gasteiger partial charge is 0.317 e. The molecule has 3 aliphatic rings. The Kier molecular flexibility index (Phi) is 3.15. The third-order valence-electron chi connectivity index (χ3n) is 5.58. The molecule has 1 aromatic rings. The fourth-order valence-corrected chi connectivity index (χ4v) is 5.80. The van der Waals surface area contributed by atoms with Crippen molar-refractivity contribution in [2.75, 3.05) is 13.1 Å². The second-order valence-electron chi connectivity index (χ2n) is 6.83. The second-order valence-corrected chi connectivity index (χ2v) is 7.95. The summed E-state index contributed by atoms with van der Waals surface area (Å²) >= 11 is 2.06. The smallest absolute Gasteiger partial charge is 0.0962 e. The van der Waals surface area contributed by atoms with E-state index in [0.717, 1.165) is 5.92 Å². The van der Waals surface area contributed by atoms with Gasteiger partial charge in [0.25, 0.3) is 0 Å². The molecule has 0 unspecified atom stereocenters. The van der Waals surface area contributed by atoms with Gasteiger partial charge in [0.1, 0.15) is 0 Å². The van der Waals surface area contributed by atoms with Crippen molar-refractivity contribution in [2.24, 2.45) is 5.41 Å². The van der Waals surface area contributed by atoms with Crippen LogP contribution in [0.3, 0.4) is 0 Å². The lowest BCUT2D eigenvalue weighted by Gasteiger charge is -2.32. The van der Waals surface area contributed by atoms with Crippen molar-refractivity contribution in [1.29, 1.82) is 0 Å². The van der Waals surface area contributed by atoms with Crippen molar-refractivity contribution >= 4 is 11.3 Å². The molecule has 1 spiro atoms. The lowest BCUT2D eigenvalue weighted by atomic mass is 9.74. The first kappa shape index (κ1) is 12.3. The van der Waals surface area contributed by atoms with Crippen LogP contribution in [-0.2, 0) is 12.8 Å². The summed E-state index contributed by atoms with van der Waals surface area (Å²) in [5, 5.41) is 4.92. The van der Waals surface area contributed by atoms with Crippen LogP contribution in [0.5, 0.6) is 0 Å². The van der Waals surface area contributed by atoms with Gasteiger partial charge >= 0.3 is 0 Å². The summed E-state index contributed by atoms with van der Waals surface area (Å²) < 4.78 is 0. The van der Waals surface area contributed by atoms with E-state index in [1.54, 1.807) is 4.88 Å². The molecular weight excluding hydrogens is 252 g/mol. The molecule has 2 nitrogen and oxygen atoms in total. The average Bonchev–Trinajstić information content (AvgIpc) is 3.07. The van der Waals surface area contributed by atoms with E-state index in [4.69, 9.17) is 4.98 Å². The molecule has 3 heteroatoms. The van der Waals surface area contributed by atoms with Gasteiger partial charge in [0.2, 0.25) is 0 Å². The van der Waals surface area contributed by atoms with Crippen molar-refractivity contribution in [3.8, 4) is 0 Å². The Morgan fingerprint density at radius 3 is 2.68 bits per heavy atom. The van der Waals surface area contributed by atoms with Gasteiger partial charge in [0, 0.05) is 10.8 Å². The van der Waals surface area contributed by atoms with Crippen LogP contribution in [0.25, 0.3) is 0 Å².